The summed E-state index contributed by atoms with van der Waals surface area (Å²) in [6, 6.07) is 10.1. The van der Waals surface area contributed by atoms with Crippen LogP contribution in [0.1, 0.15) is 19.4 Å². The van der Waals surface area contributed by atoms with Crippen molar-refractivity contribution in [2.75, 3.05) is 0 Å². The second-order valence-corrected chi connectivity index (χ2v) is 4.27. The van der Waals surface area contributed by atoms with Crippen LogP contribution in [0.15, 0.2) is 30.3 Å². The molecule has 0 aliphatic carbocycles. The van der Waals surface area contributed by atoms with Gasteiger partial charge < -0.3 is 4.74 Å². The number of rotatable bonds is 2. The lowest BCUT2D eigenvalue weighted by Gasteiger charge is -2.42. The third kappa shape index (κ3) is 1.52. The van der Waals surface area contributed by atoms with Crippen molar-refractivity contribution in [1.29, 1.82) is 0 Å². The molecule has 0 spiro atoms. The zero-order valence-corrected chi connectivity index (χ0v) is 8.49. The van der Waals surface area contributed by atoms with Crippen molar-refractivity contribution in [3.63, 3.8) is 0 Å². The van der Waals surface area contributed by atoms with Crippen molar-refractivity contribution < 1.29 is 9.53 Å². The van der Waals surface area contributed by atoms with E-state index in [2.05, 4.69) is 0 Å². The molecule has 0 radical (unpaired) electrons. The number of carbonyl (C=O) groups is 1. The van der Waals surface area contributed by atoms with Gasteiger partial charge in [-0.15, -0.1) is 0 Å². The first-order valence-electron chi connectivity index (χ1n) is 4.86. The fraction of sp³-hybridized carbons (Fsp3) is 0.417. The molecule has 2 nitrogen and oxygen atoms in total. The van der Waals surface area contributed by atoms with E-state index in [4.69, 9.17) is 4.74 Å². The summed E-state index contributed by atoms with van der Waals surface area (Å²) in [6.45, 7) is 3.92. The van der Waals surface area contributed by atoms with Crippen LogP contribution in [0.3, 0.4) is 0 Å². The first kappa shape index (κ1) is 9.25. The molecule has 14 heavy (non-hydrogen) atoms. The van der Waals surface area contributed by atoms with Crippen molar-refractivity contribution in [2.45, 2.75) is 25.9 Å². The van der Waals surface area contributed by atoms with E-state index in [1.807, 2.05) is 44.2 Å². The summed E-state index contributed by atoms with van der Waals surface area (Å²) in [4.78, 5) is 11.2. The minimum atomic E-state index is -0.285. The van der Waals surface area contributed by atoms with E-state index in [1.54, 1.807) is 0 Å². The van der Waals surface area contributed by atoms with Gasteiger partial charge in [0.15, 0.2) is 0 Å². The fourth-order valence-corrected chi connectivity index (χ4v) is 1.81. The van der Waals surface area contributed by atoms with Crippen molar-refractivity contribution in [2.24, 2.45) is 5.92 Å². The molecule has 1 aliphatic rings. The minimum Gasteiger partial charge on any atom is -0.458 e. The van der Waals surface area contributed by atoms with Gasteiger partial charge in [-0.1, -0.05) is 30.3 Å². The predicted molar refractivity (Wildman–Crippen MR) is 53.8 cm³/mol. The van der Waals surface area contributed by atoms with Crippen LogP contribution < -0.4 is 0 Å². The number of carbonyl (C=O) groups excluding carboxylic acids is 1. The van der Waals surface area contributed by atoms with E-state index >= 15 is 0 Å². The standard InChI is InChI=1S/C12H14O2/c1-12(2)10(11(13)14-12)8-9-6-4-3-5-7-9/h3-7,10H,8H2,1-2H3/t10-/m1/s1. The molecule has 0 N–H and O–H groups in total. The Balaban J connectivity index is 2.09. The predicted octanol–water partition coefficient (Wildman–Crippen LogP) is 2.18. The van der Waals surface area contributed by atoms with Crippen LogP contribution in [0.25, 0.3) is 0 Å². The molecule has 2 heteroatoms. The summed E-state index contributed by atoms with van der Waals surface area (Å²) in [5.74, 6) is -0.0521. The van der Waals surface area contributed by atoms with Crippen LogP contribution in [0.4, 0.5) is 0 Å². The van der Waals surface area contributed by atoms with Crippen molar-refractivity contribution in [1.82, 2.24) is 0 Å². The van der Waals surface area contributed by atoms with Crippen LogP contribution in [0, 0.1) is 5.92 Å². The maximum atomic E-state index is 11.2. The number of hydrogen-bond donors (Lipinski definition) is 0. The summed E-state index contributed by atoms with van der Waals surface area (Å²) >= 11 is 0. The Morgan fingerprint density at radius 2 is 1.93 bits per heavy atom. The summed E-state index contributed by atoms with van der Waals surface area (Å²) in [5, 5.41) is 0. The molecule has 1 aliphatic heterocycles. The van der Waals surface area contributed by atoms with Crippen LogP contribution in [-0.2, 0) is 16.0 Å². The Bertz CT molecular complexity index is 341. The van der Waals surface area contributed by atoms with Gasteiger partial charge in [-0.25, -0.2) is 0 Å². The first-order valence-corrected chi connectivity index (χ1v) is 4.86. The molecule has 1 fully saturated rings. The molecule has 1 saturated heterocycles. The van der Waals surface area contributed by atoms with Gasteiger partial charge in [0.25, 0.3) is 0 Å². The highest BCUT2D eigenvalue weighted by atomic mass is 16.6. The number of hydrogen-bond acceptors (Lipinski definition) is 2. The lowest BCUT2D eigenvalue weighted by Crippen LogP contribution is -2.54. The van der Waals surface area contributed by atoms with E-state index in [-0.39, 0.29) is 17.5 Å². The van der Waals surface area contributed by atoms with Crippen LogP contribution in [0.5, 0.6) is 0 Å². The lowest BCUT2D eigenvalue weighted by atomic mass is 9.81. The Kier molecular flexibility index (Phi) is 2.06. The Labute approximate surface area is 83.9 Å². The molecule has 1 atom stereocenters. The normalized spacial score (nSPS) is 23.9. The Hall–Kier alpha value is -1.31. The first-order chi connectivity index (χ1) is 6.59. The lowest BCUT2D eigenvalue weighted by molar-refractivity contribution is -0.204. The second kappa shape index (κ2) is 3.12. The van der Waals surface area contributed by atoms with Crippen molar-refractivity contribution in [3.8, 4) is 0 Å². The minimum absolute atomic E-state index is 0.0184. The van der Waals surface area contributed by atoms with Gasteiger partial charge in [-0.05, 0) is 25.8 Å². The van der Waals surface area contributed by atoms with Crippen LogP contribution in [0.2, 0.25) is 0 Å². The third-order valence-corrected chi connectivity index (χ3v) is 2.77. The maximum Gasteiger partial charge on any atom is 0.313 e. The number of ether oxygens (including phenoxy) is 1. The van der Waals surface area contributed by atoms with Gasteiger partial charge in [0.05, 0.1) is 0 Å². The zero-order chi connectivity index (χ0) is 10.2. The van der Waals surface area contributed by atoms with Crippen molar-refractivity contribution >= 4 is 5.97 Å². The van der Waals surface area contributed by atoms with Gasteiger partial charge in [0.1, 0.15) is 11.5 Å². The molecule has 0 unspecified atom stereocenters. The van der Waals surface area contributed by atoms with E-state index in [0.717, 1.165) is 6.42 Å². The molecule has 0 bridgehead atoms. The van der Waals surface area contributed by atoms with E-state index in [1.165, 1.54) is 5.56 Å². The van der Waals surface area contributed by atoms with Crippen LogP contribution >= 0.6 is 0 Å². The monoisotopic (exact) mass is 190 g/mol. The molecule has 0 amide bonds. The summed E-state index contributed by atoms with van der Waals surface area (Å²) < 4.78 is 5.07. The van der Waals surface area contributed by atoms with E-state index in [9.17, 15) is 4.79 Å². The van der Waals surface area contributed by atoms with Gasteiger partial charge in [0.2, 0.25) is 0 Å². The SMILES string of the molecule is CC1(C)OC(=O)[C@H]1Cc1ccccc1. The summed E-state index contributed by atoms with van der Waals surface area (Å²) in [7, 11) is 0. The molecule has 2 rings (SSSR count). The number of cyclic esters (lactones) is 1. The molecule has 1 aromatic rings. The highest BCUT2D eigenvalue weighted by Crippen LogP contribution is 2.35. The molecule has 1 heterocycles. The highest BCUT2D eigenvalue weighted by molar-refractivity contribution is 5.80. The average Bonchev–Trinajstić information content (AvgIpc) is 2.15. The zero-order valence-electron chi connectivity index (χ0n) is 8.49. The average molecular weight is 190 g/mol. The molecule has 0 saturated carbocycles. The van der Waals surface area contributed by atoms with E-state index in [0.29, 0.717) is 0 Å². The second-order valence-electron chi connectivity index (χ2n) is 4.27. The van der Waals surface area contributed by atoms with Gasteiger partial charge >= 0.3 is 5.97 Å². The molecular formula is C12H14O2. The summed E-state index contributed by atoms with van der Waals surface area (Å²) in [5.41, 5.74) is 0.912. The van der Waals surface area contributed by atoms with Gasteiger partial charge in [-0.3, -0.25) is 4.79 Å². The van der Waals surface area contributed by atoms with Gasteiger partial charge in [-0.2, -0.15) is 0 Å². The number of esters is 1. The summed E-state index contributed by atoms with van der Waals surface area (Å²) in [6.07, 6.45) is 0.784. The molecule has 1 aromatic carbocycles. The van der Waals surface area contributed by atoms with Crippen molar-refractivity contribution in [3.05, 3.63) is 35.9 Å². The van der Waals surface area contributed by atoms with Crippen LogP contribution in [-0.4, -0.2) is 11.6 Å². The molecule has 74 valence electrons. The highest BCUT2D eigenvalue weighted by Gasteiger charge is 2.49. The Morgan fingerprint density at radius 1 is 1.29 bits per heavy atom. The molecule has 0 aromatic heterocycles. The number of benzene rings is 1. The smallest absolute Gasteiger partial charge is 0.313 e. The third-order valence-electron chi connectivity index (χ3n) is 2.77. The quantitative estimate of drug-likeness (QED) is 0.668. The maximum absolute atomic E-state index is 11.2. The topological polar surface area (TPSA) is 26.3 Å². The Morgan fingerprint density at radius 3 is 2.43 bits per heavy atom. The largest absolute Gasteiger partial charge is 0.458 e. The van der Waals surface area contributed by atoms with E-state index < -0.39 is 0 Å². The fourth-order valence-electron chi connectivity index (χ4n) is 1.81. The van der Waals surface area contributed by atoms with Gasteiger partial charge in [0, 0.05) is 0 Å². The molecular weight excluding hydrogens is 176 g/mol.